The number of rotatable bonds is 5. The van der Waals surface area contributed by atoms with E-state index in [4.69, 9.17) is 0 Å². The summed E-state index contributed by atoms with van der Waals surface area (Å²) in [6.07, 6.45) is 11.4. The maximum absolute atomic E-state index is 11.9. The molecule has 2 rings (SSSR count). The van der Waals surface area contributed by atoms with E-state index in [0.717, 1.165) is 5.92 Å². The first-order valence-corrected chi connectivity index (χ1v) is 7.80. The number of nitrogens with one attached hydrogen (secondary N) is 2. The van der Waals surface area contributed by atoms with E-state index in [-0.39, 0.29) is 5.91 Å². The lowest BCUT2D eigenvalue weighted by molar-refractivity contribution is -0.121. The zero-order valence-electron chi connectivity index (χ0n) is 11.7. The average Bonchev–Trinajstić information content (AvgIpc) is 2.90. The molecule has 0 saturated heterocycles. The Hall–Kier alpha value is -0.570. The van der Waals surface area contributed by atoms with Crippen LogP contribution >= 0.6 is 0 Å². The van der Waals surface area contributed by atoms with E-state index in [9.17, 15) is 4.79 Å². The molecule has 2 N–H and O–H groups in total. The second-order valence-electron chi connectivity index (χ2n) is 6.07. The van der Waals surface area contributed by atoms with Crippen LogP contribution in [0.2, 0.25) is 0 Å². The number of hydrogen-bond acceptors (Lipinski definition) is 2. The Balaban J connectivity index is 1.63. The minimum Gasteiger partial charge on any atom is -0.352 e. The highest BCUT2D eigenvalue weighted by atomic mass is 16.1. The molecule has 0 radical (unpaired) electrons. The van der Waals surface area contributed by atoms with Gasteiger partial charge in [0.2, 0.25) is 5.91 Å². The Labute approximate surface area is 111 Å². The highest BCUT2D eigenvalue weighted by Crippen LogP contribution is 2.26. The summed E-state index contributed by atoms with van der Waals surface area (Å²) in [6.45, 7) is 2.77. The molecule has 0 spiro atoms. The van der Waals surface area contributed by atoms with E-state index in [0.29, 0.717) is 18.6 Å². The van der Waals surface area contributed by atoms with E-state index in [1.165, 1.54) is 57.8 Å². The molecule has 2 saturated carbocycles. The zero-order chi connectivity index (χ0) is 12.8. The van der Waals surface area contributed by atoms with Crippen LogP contribution in [0.4, 0.5) is 0 Å². The maximum Gasteiger partial charge on any atom is 0.234 e. The second-order valence-corrected chi connectivity index (χ2v) is 6.07. The molecule has 1 amide bonds. The summed E-state index contributed by atoms with van der Waals surface area (Å²) in [7, 11) is 0. The van der Waals surface area contributed by atoms with Gasteiger partial charge in [0.25, 0.3) is 0 Å². The lowest BCUT2D eigenvalue weighted by Crippen LogP contribution is -2.44. The molecule has 0 aliphatic heterocycles. The molecule has 2 aliphatic carbocycles. The lowest BCUT2D eigenvalue weighted by atomic mass is 9.84. The molecule has 0 aromatic rings. The van der Waals surface area contributed by atoms with Crippen molar-refractivity contribution in [2.75, 3.05) is 6.54 Å². The third-order valence-electron chi connectivity index (χ3n) is 4.63. The van der Waals surface area contributed by atoms with Crippen molar-refractivity contribution in [3.8, 4) is 0 Å². The van der Waals surface area contributed by atoms with Crippen molar-refractivity contribution < 1.29 is 4.79 Å². The minimum absolute atomic E-state index is 0.198. The number of carbonyl (C=O) groups excluding carboxylic acids is 1. The molecule has 18 heavy (non-hydrogen) atoms. The summed E-state index contributed by atoms with van der Waals surface area (Å²) in [5.74, 6) is 1.02. The van der Waals surface area contributed by atoms with E-state index in [1.807, 2.05) is 0 Å². The third kappa shape index (κ3) is 4.27. The summed E-state index contributed by atoms with van der Waals surface area (Å²) < 4.78 is 0. The zero-order valence-corrected chi connectivity index (χ0v) is 11.7. The van der Waals surface area contributed by atoms with E-state index in [1.54, 1.807) is 0 Å². The van der Waals surface area contributed by atoms with Crippen molar-refractivity contribution in [2.24, 2.45) is 5.92 Å². The molecule has 0 bridgehead atoms. The predicted molar refractivity (Wildman–Crippen MR) is 74.4 cm³/mol. The molecule has 3 nitrogen and oxygen atoms in total. The van der Waals surface area contributed by atoms with Crippen molar-refractivity contribution in [1.29, 1.82) is 0 Å². The van der Waals surface area contributed by atoms with Gasteiger partial charge in [-0.2, -0.15) is 0 Å². The van der Waals surface area contributed by atoms with Crippen molar-refractivity contribution in [3.05, 3.63) is 0 Å². The van der Waals surface area contributed by atoms with Crippen LogP contribution in [0.25, 0.3) is 0 Å². The van der Waals surface area contributed by atoms with Gasteiger partial charge in [0.05, 0.1) is 6.54 Å². The Morgan fingerprint density at radius 1 is 1.06 bits per heavy atom. The van der Waals surface area contributed by atoms with E-state index >= 15 is 0 Å². The quantitative estimate of drug-likeness (QED) is 0.789. The molecule has 2 atom stereocenters. The number of carbonyl (C=O) groups is 1. The van der Waals surface area contributed by atoms with E-state index < -0.39 is 0 Å². The Bertz CT molecular complexity index is 261. The molecule has 2 fully saturated rings. The van der Waals surface area contributed by atoms with E-state index in [2.05, 4.69) is 17.6 Å². The number of amides is 1. The van der Waals surface area contributed by atoms with Crippen molar-refractivity contribution in [1.82, 2.24) is 10.6 Å². The summed E-state index contributed by atoms with van der Waals surface area (Å²) in [5.41, 5.74) is 0. The third-order valence-corrected chi connectivity index (χ3v) is 4.63. The maximum atomic E-state index is 11.9. The largest absolute Gasteiger partial charge is 0.352 e. The van der Waals surface area contributed by atoms with Crippen LogP contribution in [0.1, 0.15) is 64.7 Å². The van der Waals surface area contributed by atoms with Gasteiger partial charge in [0.1, 0.15) is 0 Å². The Morgan fingerprint density at radius 2 is 1.78 bits per heavy atom. The topological polar surface area (TPSA) is 41.1 Å². The van der Waals surface area contributed by atoms with Crippen LogP contribution in [0.3, 0.4) is 0 Å². The van der Waals surface area contributed by atoms with Crippen molar-refractivity contribution in [2.45, 2.75) is 76.8 Å². The van der Waals surface area contributed by atoms with Gasteiger partial charge in [-0.3, -0.25) is 4.79 Å². The smallest absolute Gasteiger partial charge is 0.234 e. The molecule has 3 heteroatoms. The summed E-state index contributed by atoms with van der Waals surface area (Å²) in [5, 5.41) is 6.59. The second kappa shape index (κ2) is 7.13. The fourth-order valence-electron chi connectivity index (χ4n) is 3.44. The monoisotopic (exact) mass is 252 g/mol. The molecule has 0 heterocycles. The summed E-state index contributed by atoms with van der Waals surface area (Å²) >= 11 is 0. The summed E-state index contributed by atoms with van der Waals surface area (Å²) in [4.78, 5) is 11.9. The molecule has 0 aromatic carbocycles. The molecule has 2 aliphatic rings. The van der Waals surface area contributed by atoms with Gasteiger partial charge in [-0.05, 0) is 31.6 Å². The highest BCUT2D eigenvalue weighted by molar-refractivity contribution is 5.78. The van der Waals surface area contributed by atoms with Gasteiger partial charge in [0.15, 0.2) is 0 Å². The van der Waals surface area contributed by atoms with Gasteiger partial charge in [-0.15, -0.1) is 0 Å². The lowest BCUT2D eigenvalue weighted by Gasteiger charge is -2.29. The SMILES string of the molecule is CCC1CCCC(NC(=O)CNC2CCCC2)C1. The first kappa shape index (κ1) is 13.9. The standard InChI is InChI=1S/C15H28N2O/c1-2-12-6-5-9-14(10-12)17-15(18)11-16-13-7-3-4-8-13/h12-14,16H,2-11H2,1H3,(H,17,18). The van der Waals surface area contributed by atoms with Crippen LogP contribution in [-0.2, 0) is 4.79 Å². The molecular formula is C15H28N2O. The first-order valence-electron chi connectivity index (χ1n) is 7.80. The van der Waals surface area contributed by atoms with Gasteiger partial charge >= 0.3 is 0 Å². The van der Waals surface area contributed by atoms with Crippen molar-refractivity contribution >= 4 is 5.91 Å². The Kier molecular flexibility index (Phi) is 5.48. The fraction of sp³-hybridized carbons (Fsp3) is 0.933. The van der Waals surface area contributed by atoms with Crippen LogP contribution in [0.5, 0.6) is 0 Å². The predicted octanol–water partition coefficient (Wildman–Crippen LogP) is 2.60. The van der Waals surface area contributed by atoms with Gasteiger partial charge in [0, 0.05) is 12.1 Å². The molecule has 0 aromatic heterocycles. The normalized spacial score (nSPS) is 29.4. The van der Waals surface area contributed by atoms with Crippen LogP contribution in [0, 0.1) is 5.92 Å². The number of hydrogen-bond donors (Lipinski definition) is 2. The highest BCUT2D eigenvalue weighted by Gasteiger charge is 2.22. The first-order chi connectivity index (χ1) is 8.78. The van der Waals surface area contributed by atoms with Crippen LogP contribution in [-0.4, -0.2) is 24.5 Å². The van der Waals surface area contributed by atoms with Gasteiger partial charge < -0.3 is 10.6 Å². The van der Waals surface area contributed by atoms with Crippen molar-refractivity contribution in [3.63, 3.8) is 0 Å². The van der Waals surface area contributed by atoms with Gasteiger partial charge in [-0.25, -0.2) is 0 Å². The van der Waals surface area contributed by atoms with Gasteiger partial charge in [-0.1, -0.05) is 39.0 Å². The minimum atomic E-state index is 0.198. The molecular weight excluding hydrogens is 224 g/mol. The fourth-order valence-corrected chi connectivity index (χ4v) is 3.44. The molecule has 104 valence electrons. The Morgan fingerprint density at radius 3 is 2.50 bits per heavy atom. The summed E-state index contributed by atoms with van der Waals surface area (Å²) in [6, 6.07) is 1.02. The average molecular weight is 252 g/mol. The van der Waals surface area contributed by atoms with Crippen LogP contribution in [0.15, 0.2) is 0 Å². The van der Waals surface area contributed by atoms with Crippen LogP contribution < -0.4 is 10.6 Å². The molecule has 2 unspecified atom stereocenters.